The molecular weight excluding hydrogens is 382 g/mol. The molecule has 0 spiro atoms. The van der Waals surface area contributed by atoms with Crippen molar-refractivity contribution in [1.82, 2.24) is 0 Å². The predicted molar refractivity (Wildman–Crippen MR) is 103 cm³/mol. The summed E-state index contributed by atoms with van der Waals surface area (Å²) in [7, 11) is 0. The van der Waals surface area contributed by atoms with E-state index >= 15 is 0 Å². The lowest BCUT2D eigenvalue weighted by Gasteiger charge is -2.31. The van der Waals surface area contributed by atoms with Gasteiger partial charge < -0.3 is 0 Å². The first-order valence-electron chi connectivity index (χ1n) is 8.10. The SMILES string of the molecule is O=C(c1cc([N+](=O)[O-])cc([N+](=O)[O-])c1)N1c2ccccc2Sc2ccccc21. The van der Waals surface area contributed by atoms with E-state index in [0.717, 1.165) is 28.0 Å². The van der Waals surface area contributed by atoms with Gasteiger partial charge in [-0.25, -0.2) is 0 Å². The van der Waals surface area contributed by atoms with Gasteiger partial charge in [-0.2, -0.15) is 0 Å². The van der Waals surface area contributed by atoms with Gasteiger partial charge in [0.05, 0.1) is 32.9 Å². The number of hydrogen-bond donors (Lipinski definition) is 0. The summed E-state index contributed by atoms with van der Waals surface area (Å²) in [5.41, 5.74) is 0.0872. The standard InChI is InChI=1S/C19H11N3O5S/c23-19(12-9-13(21(24)25)11-14(10-12)22(26)27)20-15-5-1-3-7-17(15)28-18-8-4-2-6-16(18)20/h1-11H. The van der Waals surface area contributed by atoms with E-state index in [1.54, 1.807) is 24.3 Å². The van der Waals surface area contributed by atoms with Crippen LogP contribution in [0.1, 0.15) is 10.4 Å². The van der Waals surface area contributed by atoms with Crippen LogP contribution in [0.15, 0.2) is 76.5 Å². The molecule has 138 valence electrons. The molecule has 4 rings (SSSR count). The van der Waals surface area contributed by atoms with E-state index in [1.165, 1.54) is 16.7 Å². The highest BCUT2D eigenvalue weighted by Crippen LogP contribution is 2.48. The fourth-order valence-corrected chi connectivity index (χ4v) is 4.04. The van der Waals surface area contributed by atoms with Gasteiger partial charge in [-0.05, 0) is 24.3 Å². The molecule has 1 amide bonds. The van der Waals surface area contributed by atoms with Crippen LogP contribution in [-0.2, 0) is 0 Å². The van der Waals surface area contributed by atoms with Crippen LogP contribution in [-0.4, -0.2) is 15.8 Å². The number of amides is 1. The normalized spacial score (nSPS) is 12.1. The molecule has 1 aliphatic heterocycles. The fraction of sp³-hybridized carbons (Fsp3) is 0. The highest BCUT2D eigenvalue weighted by molar-refractivity contribution is 7.99. The summed E-state index contributed by atoms with van der Waals surface area (Å²) in [6.45, 7) is 0. The number of nitro benzene ring substituents is 2. The molecule has 0 bridgehead atoms. The minimum absolute atomic E-state index is 0.127. The average Bonchev–Trinajstić information content (AvgIpc) is 2.71. The lowest BCUT2D eigenvalue weighted by molar-refractivity contribution is -0.394. The second kappa shape index (κ2) is 6.78. The summed E-state index contributed by atoms with van der Waals surface area (Å²) in [5, 5.41) is 22.4. The second-order valence-corrected chi connectivity index (χ2v) is 7.01. The molecule has 1 aliphatic rings. The molecule has 0 N–H and O–H groups in total. The Bertz CT molecular complexity index is 1070. The first-order valence-corrected chi connectivity index (χ1v) is 8.91. The van der Waals surface area contributed by atoms with Gasteiger partial charge in [-0.1, -0.05) is 36.0 Å². The Morgan fingerprint density at radius 3 is 1.71 bits per heavy atom. The first kappa shape index (κ1) is 17.7. The number of nitrogens with zero attached hydrogens (tertiary/aromatic N) is 3. The second-order valence-electron chi connectivity index (χ2n) is 5.93. The van der Waals surface area contributed by atoms with Gasteiger partial charge in [-0.15, -0.1) is 0 Å². The van der Waals surface area contributed by atoms with Crippen LogP contribution in [0, 0.1) is 20.2 Å². The Labute approximate surface area is 162 Å². The maximum atomic E-state index is 13.3. The van der Waals surface area contributed by atoms with Crippen molar-refractivity contribution in [2.75, 3.05) is 4.90 Å². The Kier molecular flexibility index (Phi) is 4.28. The molecule has 3 aromatic rings. The predicted octanol–water partition coefficient (Wildman–Crippen LogP) is 4.95. The smallest absolute Gasteiger partial charge is 0.275 e. The Balaban J connectivity index is 1.90. The van der Waals surface area contributed by atoms with E-state index in [2.05, 4.69) is 0 Å². The molecule has 3 aromatic carbocycles. The summed E-state index contributed by atoms with van der Waals surface area (Å²) in [4.78, 5) is 37.3. The van der Waals surface area contributed by atoms with E-state index in [9.17, 15) is 25.0 Å². The largest absolute Gasteiger partial charge is 0.277 e. The van der Waals surface area contributed by atoms with E-state index in [4.69, 9.17) is 0 Å². The summed E-state index contributed by atoms with van der Waals surface area (Å²) >= 11 is 1.50. The zero-order chi connectivity index (χ0) is 19.8. The minimum atomic E-state index is -0.752. The van der Waals surface area contributed by atoms with Crippen molar-refractivity contribution in [3.05, 3.63) is 92.5 Å². The Morgan fingerprint density at radius 1 is 0.786 bits per heavy atom. The van der Waals surface area contributed by atoms with Crippen molar-refractivity contribution in [2.45, 2.75) is 9.79 Å². The Hall–Kier alpha value is -3.72. The number of benzene rings is 3. The molecular formula is C19H11N3O5S. The quantitative estimate of drug-likeness (QED) is 0.460. The lowest BCUT2D eigenvalue weighted by Crippen LogP contribution is -2.28. The van der Waals surface area contributed by atoms with E-state index in [0.29, 0.717) is 11.4 Å². The number of anilines is 2. The molecule has 9 heteroatoms. The van der Waals surface area contributed by atoms with Crippen molar-refractivity contribution >= 4 is 40.4 Å². The maximum absolute atomic E-state index is 13.3. The molecule has 0 aromatic heterocycles. The summed E-state index contributed by atoms with van der Waals surface area (Å²) in [5.74, 6) is -0.577. The third kappa shape index (κ3) is 2.97. The molecule has 1 heterocycles. The van der Waals surface area contributed by atoms with Crippen molar-refractivity contribution in [3.8, 4) is 0 Å². The minimum Gasteiger partial charge on any atom is -0.275 e. The molecule has 0 unspecified atom stereocenters. The van der Waals surface area contributed by atoms with Gasteiger partial charge in [0.2, 0.25) is 0 Å². The number of para-hydroxylation sites is 2. The number of carbonyl (C=O) groups is 1. The summed E-state index contributed by atoms with van der Waals surface area (Å²) in [6, 6.07) is 17.5. The first-order chi connectivity index (χ1) is 13.5. The van der Waals surface area contributed by atoms with Crippen LogP contribution >= 0.6 is 11.8 Å². The van der Waals surface area contributed by atoms with Gasteiger partial charge in [0, 0.05) is 21.9 Å². The molecule has 0 radical (unpaired) electrons. The Morgan fingerprint density at radius 2 is 1.25 bits per heavy atom. The van der Waals surface area contributed by atoms with Crippen molar-refractivity contribution in [2.24, 2.45) is 0 Å². The highest BCUT2D eigenvalue weighted by atomic mass is 32.2. The van der Waals surface area contributed by atoms with Gasteiger partial charge >= 0.3 is 0 Å². The van der Waals surface area contributed by atoms with Crippen LogP contribution in [0.5, 0.6) is 0 Å². The maximum Gasteiger partial charge on any atom is 0.277 e. The highest BCUT2D eigenvalue weighted by Gasteiger charge is 2.30. The molecule has 0 aliphatic carbocycles. The van der Waals surface area contributed by atoms with Crippen molar-refractivity contribution < 1.29 is 14.6 Å². The van der Waals surface area contributed by atoms with Gasteiger partial charge in [-0.3, -0.25) is 29.9 Å². The molecule has 0 saturated carbocycles. The molecule has 0 atom stereocenters. The van der Waals surface area contributed by atoms with Gasteiger partial charge in [0.1, 0.15) is 0 Å². The van der Waals surface area contributed by atoms with Crippen molar-refractivity contribution in [3.63, 3.8) is 0 Å². The summed E-state index contributed by atoms with van der Waals surface area (Å²) in [6.07, 6.45) is 0. The fourth-order valence-electron chi connectivity index (χ4n) is 2.98. The molecule has 28 heavy (non-hydrogen) atoms. The number of carbonyl (C=O) groups excluding carboxylic acids is 1. The average molecular weight is 393 g/mol. The van der Waals surface area contributed by atoms with Gasteiger partial charge in [0.15, 0.2) is 0 Å². The zero-order valence-corrected chi connectivity index (χ0v) is 15.0. The zero-order valence-electron chi connectivity index (χ0n) is 14.1. The number of non-ortho nitro benzene ring substituents is 2. The van der Waals surface area contributed by atoms with Crippen molar-refractivity contribution in [1.29, 1.82) is 0 Å². The number of rotatable bonds is 3. The monoisotopic (exact) mass is 393 g/mol. The number of nitro groups is 2. The lowest BCUT2D eigenvalue weighted by atomic mass is 10.1. The third-order valence-corrected chi connectivity index (χ3v) is 5.34. The van der Waals surface area contributed by atoms with E-state index < -0.39 is 27.1 Å². The van der Waals surface area contributed by atoms with Crippen LogP contribution in [0.3, 0.4) is 0 Å². The molecule has 0 fully saturated rings. The van der Waals surface area contributed by atoms with Crippen LogP contribution < -0.4 is 4.90 Å². The van der Waals surface area contributed by atoms with Crippen LogP contribution in [0.25, 0.3) is 0 Å². The van der Waals surface area contributed by atoms with E-state index in [-0.39, 0.29) is 5.56 Å². The topological polar surface area (TPSA) is 107 Å². The number of fused-ring (bicyclic) bond motifs is 2. The third-order valence-electron chi connectivity index (χ3n) is 4.21. The van der Waals surface area contributed by atoms with Crippen LogP contribution in [0.4, 0.5) is 22.7 Å². The summed E-state index contributed by atoms with van der Waals surface area (Å²) < 4.78 is 0. The van der Waals surface area contributed by atoms with Crippen LogP contribution in [0.2, 0.25) is 0 Å². The number of hydrogen-bond acceptors (Lipinski definition) is 6. The molecule has 8 nitrogen and oxygen atoms in total. The van der Waals surface area contributed by atoms with E-state index in [1.807, 2.05) is 24.3 Å². The van der Waals surface area contributed by atoms with Gasteiger partial charge in [0.25, 0.3) is 17.3 Å². The molecule has 0 saturated heterocycles.